The highest BCUT2D eigenvalue weighted by atomic mass is 32.1. The molecule has 0 N–H and O–H groups in total. The largest absolute Gasteiger partial charge is 0.434 e. The van der Waals surface area contributed by atoms with Crippen molar-refractivity contribution in [1.82, 2.24) is 0 Å². The molecule has 0 aliphatic heterocycles. The molecule has 0 aliphatic carbocycles. The van der Waals surface area contributed by atoms with Gasteiger partial charge in [0.25, 0.3) is 0 Å². The predicted molar refractivity (Wildman–Crippen MR) is 45.1 cm³/mol. The zero-order chi connectivity index (χ0) is 9.14. The van der Waals surface area contributed by atoms with Gasteiger partial charge in [0.2, 0.25) is 0 Å². The van der Waals surface area contributed by atoms with Gasteiger partial charge in [0.1, 0.15) is 5.75 Å². The highest BCUT2D eigenvalue weighted by Gasteiger charge is 2.10. The van der Waals surface area contributed by atoms with Gasteiger partial charge in [0, 0.05) is 9.75 Å². The van der Waals surface area contributed by atoms with Crippen LogP contribution in [0.25, 0.3) is 0 Å². The third-order valence-electron chi connectivity index (χ3n) is 1.43. The van der Waals surface area contributed by atoms with Crippen molar-refractivity contribution in [2.75, 3.05) is 0 Å². The minimum absolute atomic E-state index is 0.329. The van der Waals surface area contributed by atoms with Crippen LogP contribution in [-0.4, -0.2) is 6.61 Å². The second-order valence-electron chi connectivity index (χ2n) is 2.38. The number of aryl methyl sites for hydroxylation is 2. The maximum atomic E-state index is 11.8. The van der Waals surface area contributed by atoms with Gasteiger partial charge in [-0.1, -0.05) is 6.92 Å². The standard InChI is InChI=1S/C8H10F2OS/c1-3-7-6(11-8(9)10)4-5(2)12-7/h4,8H,3H2,1-2H3. The van der Waals surface area contributed by atoms with E-state index in [-0.39, 0.29) is 0 Å². The summed E-state index contributed by atoms with van der Waals surface area (Å²) in [5.74, 6) is 0.329. The van der Waals surface area contributed by atoms with E-state index < -0.39 is 6.61 Å². The Kier molecular flexibility index (Phi) is 3.03. The molecule has 4 heteroatoms. The summed E-state index contributed by atoms with van der Waals surface area (Å²) in [7, 11) is 0. The van der Waals surface area contributed by atoms with E-state index in [1.165, 1.54) is 11.3 Å². The topological polar surface area (TPSA) is 9.23 Å². The van der Waals surface area contributed by atoms with Crippen LogP contribution in [-0.2, 0) is 6.42 Å². The van der Waals surface area contributed by atoms with Crippen molar-refractivity contribution in [2.24, 2.45) is 0 Å². The maximum Gasteiger partial charge on any atom is 0.387 e. The number of alkyl halides is 2. The highest BCUT2D eigenvalue weighted by molar-refractivity contribution is 7.12. The zero-order valence-corrected chi connectivity index (χ0v) is 7.75. The summed E-state index contributed by atoms with van der Waals surface area (Å²) in [6.07, 6.45) is 0.737. The Morgan fingerprint density at radius 1 is 1.58 bits per heavy atom. The molecule has 68 valence electrons. The van der Waals surface area contributed by atoms with Crippen LogP contribution < -0.4 is 4.74 Å². The molecule has 1 heterocycles. The lowest BCUT2D eigenvalue weighted by Crippen LogP contribution is -2.02. The SMILES string of the molecule is CCc1sc(C)cc1OC(F)F. The van der Waals surface area contributed by atoms with Crippen molar-refractivity contribution >= 4 is 11.3 Å². The molecular weight excluding hydrogens is 182 g/mol. The van der Waals surface area contributed by atoms with Crippen LogP contribution in [0.4, 0.5) is 8.78 Å². The van der Waals surface area contributed by atoms with Gasteiger partial charge in [-0.2, -0.15) is 8.78 Å². The van der Waals surface area contributed by atoms with Crippen molar-refractivity contribution in [2.45, 2.75) is 26.9 Å². The first-order chi connectivity index (χ1) is 5.63. The van der Waals surface area contributed by atoms with Crippen LogP contribution in [0, 0.1) is 6.92 Å². The lowest BCUT2D eigenvalue weighted by Gasteiger charge is -2.02. The number of hydrogen-bond donors (Lipinski definition) is 0. The van der Waals surface area contributed by atoms with Crippen molar-refractivity contribution < 1.29 is 13.5 Å². The summed E-state index contributed by atoms with van der Waals surface area (Å²) in [4.78, 5) is 1.88. The molecule has 1 aromatic heterocycles. The smallest absolute Gasteiger partial charge is 0.387 e. The minimum Gasteiger partial charge on any atom is -0.434 e. The molecule has 0 amide bonds. The van der Waals surface area contributed by atoms with E-state index in [4.69, 9.17) is 0 Å². The average molecular weight is 192 g/mol. The molecule has 1 aromatic rings. The zero-order valence-electron chi connectivity index (χ0n) is 6.93. The third-order valence-corrected chi connectivity index (χ3v) is 2.61. The van der Waals surface area contributed by atoms with Crippen molar-refractivity contribution in [3.8, 4) is 5.75 Å². The average Bonchev–Trinajstić information content (AvgIpc) is 2.29. The van der Waals surface area contributed by atoms with E-state index in [0.29, 0.717) is 5.75 Å². The van der Waals surface area contributed by atoms with Gasteiger partial charge in [-0.05, 0) is 19.4 Å². The minimum atomic E-state index is -2.72. The Hall–Kier alpha value is -0.640. The van der Waals surface area contributed by atoms with E-state index in [1.807, 2.05) is 13.8 Å². The van der Waals surface area contributed by atoms with Crippen molar-refractivity contribution in [3.63, 3.8) is 0 Å². The fourth-order valence-electron chi connectivity index (χ4n) is 0.981. The maximum absolute atomic E-state index is 11.8. The summed E-state index contributed by atoms with van der Waals surface area (Å²) in [5, 5.41) is 0. The number of rotatable bonds is 3. The first-order valence-corrected chi connectivity index (χ1v) is 4.49. The van der Waals surface area contributed by atoms with Crippen LogP contribution >= 0.6 is 11.3 Å². The molecule has 0 aromatic carbocycles. The normalized spacial score (nSPS) is 10.8. The summed E-state index contributed by atoms with van der Waals surface area (Å²) >= 11 is 1.50. The van der Waals surface area contributed by atoms with Gasteiger partial charge >= 0.3 is 6.61 Å². The fraction of sp³-hybridized carbons (Fsp3) is 0.500. The van der Waals surface area contributed by atoms with Crippen molar-refractivity contribution in [1.29, 1.82) is 0 Å². The van der Waals surface area contributed by atoms with Crippen molar-refractivity contribution in [3.05, 3.63) is 15.8 Å². The Labute approximate surface area is 74.0 Å². The first-order valence-electron chi connectivity index (χ1n) is 3.67. The molecule has 0 spiro atoms. The van der Waals surface area contributed by atoms with Crippen LogP contribution in [0.5, 0.6) is 5.75 Å². The Balaban J connectivity index is 2.81. The van der Waals surface area contributed by atoms with Crippen LogP contribution in [0.15, 0.2) is 6.07 Å². The number of halogens is 2. The van der Waals surface area contributed by atoms with E-state index in [0.717, 1.165) is 16.2 Å². The van der Waals surface area contributed by atoms with E-state index >= 15 is 0 Å². The summed E-state index contributed by atoms with van der Waals surface area (Å²) in [6.45, 7) is 1.08. The Morgan fingerprint density at radius 3 is 2.75 bits per heavy atom. The molecule has 0 fully saturated rings. The second-order valence-corrected chi connectivity index (χ2v) is 3.72. The molecule has 1 nitrogen and oxygen atoms in total. The molecule has 0 saturated heterocycles. The van der Waals surface area contributed by atoms with Gasteiger partial charge in [0.05, 0.1) is 0 Å². The highest BCUT2D eigenvalue weighted by Crippen LogP contribution is 2.30. The molecule has 0 atom stereocenters. The molecule has 0 radical (unpaired) electrons. The van der Waals surface area contributed by atoms with Crippen LogP contribution in [0.2, 0.25) is 0 Å². The lowest BCUT2D eigenvalue weighted by molar-refractivity contribution is -0.0500. The molecular formula is C8H10F2OS. The molecule has 0 saturated carbocycles. The molecule has 1 rings (SSSR count). The number of ether oxygens (including phenoxy) is 1. The van der Waals surface area contributed by atoms with E-state index in [1.54, 1.807) is 6.07 Å². The molecule has 0 aliphatic rings. The third kappa shape index (κ3) is 2.17. The van der Waals surface area contributed by atoms with Gasteiger partial charge < -0.3 is 4.74 Å². The van der Waals surface area contributed by atoms with Gasteiger partial charge in [-0.15, -0.1) is 11.3 Å². The Bertz CT molecular complexity index is 258. The van der Waals surface area contributed by atoms with E-state index in [2.05, 4.69) is 4.74 Å². The summed E-state index contributed by atoms with van der Waals surface area (Å²) in [6, 6.07) is 1.65. The van der Waals surface area contributed by atoms with Gasteiger partial charge in [-0.25, -0.2) is 0 Å². The first kappa shape index (κ1) is 9.45. The lowest BCUT2D eigenvalue weighted by atomic mass is 10.3. The quantitative estimate of drug-likeness (QED) is 0.714. The Morgan fingerprint density at radius 2 is 2.25 bits per heavy atom. The second kappa shape index (κ2) is 3.85. The van der Waals surface area contributed by atoms with E-state index in [9.17, 15) is 8.78 Å². The predicted octanol–water partition coefficient (Wildman–Crippen LogP) is 3.22. The molecule has 0 unspecified atom stereocenters. The fourth-order valence-corrected chi connectivity index (χ4v) is 1.89. The van der Waals surface area contributed by atoms with Crippen LogP contribution in [0.3, 0.4) is 0 Å². The molecule has 0 bridgehead atoms. The van der Waals surface area contributed by atoms with Gasteiger partial charge in [0.15, 0.2) is 0 Å². The van der Waals surface area contributed by atoms with Crippen LogP contribution in [0.1, 0.15) is 16.7 Å². The van der Waals surface area contributed by atoms with Gasteiger partial charge in [-0.3, -0.25) is 0 Å². The summed E-state index contributed by atoms with van der Waals surface area (Å²) < 4.78 is 28.0. The molecule has 12 heavy (non-hydrogen) atoms. The monoisotopic (exact) mass is 192 g/mol. The number of thiophene rings is 1. The summed E-state index contributed by atoms with van der Waals surface area (Å²) in [5.41, 5.74) is 0. The number of hydrogen-bond acceptors (Lipinski definition) is 2.